The summed E-state index contributed by atoms with van der Waals surface area (Å²) in [7, 11) is 0. The number of pyridine rings is 1. The standard InChI is InChI=1S/C18H19N3O3/c1-12-6-13(2)8-15(7-12)24-10-14(22)9-21-11-20-17-16(18(21)23)4-3-5-19-17/h3-8,11,14,22H,9-10H2,1-2H3/t14-/m1/s1. The number of nitrogens with zero attached hydrogens (tertiary/aromatic N) is 3. The fraction of sp³-hybridized carbons (Fsp3) is 0.278. The monoisotopic (exact) mass is 325 g/mol. The molecule has 0 radical (unpaired) electrons. The lowest BCUT2D eigenvalue weighted by molar-refractivity contribution is 0.0914. The molecule has 1 N–H and O–H groups in total. The first-order valence-electron chi connectivity index (χ1n) is 7.72. The quantitative estimate of drug-likeness (QED) is 0.774. The van der Waals surface area contributed by atoms with Gasteiger partial charge in [-0.2, -0.15) is 0 Å². The zero-order chi connectivity index (χ0) is 17.1. The van der Waals surface area contributed by atoms with Crippen LogP contribution in [0.2, 0.25) is 0 Å². The number of rotatable bonds is 5. The highest BCUT2D eigenvalue weighted by molar-refractivity contribution is 5.72. The first kappa shape index (κ1) is 16.1. The summed E-state index contributed by atoms with van der Waals surface area (Å²) in [6.07, 6.45) is 2.17. The van der Waals surface area contributed by atoms with Crippen molar-refractivity contribution in [3.8, 4) is 5.75 Å². The molecule has 2 aromatic heterocycles. The SMILES string of the molecule is Cc1cc(C)cc(OC[C@H](O)Cn2cnc3ncccc3c2=O)c1. The van der Waals surface area contributed by atoms with E-state index < -0.39 is 6.10 Å². The number of fused-ring (bicyclic) bond motifs is 1. The van der Waals surface area contributed by atoms with E-state index in [1.807, 2.05) is 26.0 Å². The van der Waals surface area contributed by atoms with Crippen molar-refractivity contribution >= 4 is 11.0 Å². The van der Waals surface area contributed by atoms with Gasteiger partial charge in [0.15, 0.2) is 5.65 Å². The Morgan fingerprint density at radius 1 is 1.21 bits per heavy atom. The van der Waals surface area contributed by atoms with Crippen molar-refractivity contribution in [2.24, 2.45) is 0 Å². The van der Waals surface area contributed by atoms with Crippen molar-refractivity contribution in [3.05, 3.63) is 64.3 Å². The van der Waals surface area contributed by atoms with Crippen molar-refractivity contribution in [2.75, 3.05) is 6.61 Å². The van der Waals surface area contributed by atoms with Crippen LogP contribution < -0.4 is 10.3 Å². The summed E-state index contributed by atoms with van der Waals surface area (Å²) in [5.74, 6) is 0.708. The smallest absolute Gasteiger partial charge is 0.262 e. The third-order valence-corrected chi connectivity index (χ3v) is 3.64. The zero-order valence-electron chi connectivity index (χ0n) is 13.6. The molecule has 0 saturated heterocycles. The molecule has 1 atom stereocenters. The number of ether oxygens (including phenoxy) is 1. The van der Waals surface area contributed by atoms with Crippen LogP contribution in [0.25, 0.3) is 11.0 Å². The summed E-state index contributed by atoms with van der Waals surface area (Å²) in [6.45, 7) is 4.19. The van der Waals surface area contributed by atoms with Crippen LogP contribution in [-0.2, 0) is 6.54 Å². The number of hydrogen-bond acceptors (Lipinski definition) is 5. The van der Waals surface area contributed by atoms with Crippen molar-refractivity contribution in [1.29, 1.82) is 0 Å². The van der Waals surface area contributed by atoms with Crippen molar-refractivity contribution in [2.45, 2.75) is 26.5 Å². The molecule has 0 amide bonds. The van der Waals surface area contributed by atoms with Crippen LogP contribution in [-0.4, -0.2) is 32.4 Å². The Bertz CT molecular complexity index is 901. The number of aliphatic hydroxyl groups is 1. The van der Waals surface area contributed by atoms with E-state index in [9.17, 15) is 9.90 Å². The molecule has 0 unspecified atom stereocenters. The Labute approximate surface area is 139 Å². The lowest BCUT2D eigenvalue weighted by atomic mass is 10.1. The van der Waals surface area contributed by atoms with E-state index in [4.69, 9.17) is 4.74 Å². The largest absolute Gasteiger partial charge is 0.491 e. The average Bonchev–Trinajstić information content (AvgIpc) is 2.55. The molecule has 124 valence electrons. The molecule has 6 nitrogen and oxygen atoms in total. The lowest BCUT2D eigenvalue weighted by Crippen LogP contribution is -2.30. The van der Waals surface area contributed by atoms with E-state index >= 15 is 0 Å². The molecule has 0 aliphatic rings. The van der Waals surface area contributed by atoms with E-state index in [2.05, 4.69) is 16.0 Å². The number of hydrogen-bond donors (Lipinski definition) is 1. The number of benzene rings is 1. The molecular formula is C18H19N3O3. The van der Waals surface area contributed by atoms with Gasteiger partial charge in [-0.1, -0.05) is 6.07 Å². The Hall–Kier alpha value is -2.73. The molecule has 24 heavy (non-hydrogen) atoms. The highest BCUT2D eigenvalue weighted by atomic mass is 16.5. The van der Waals surface area contributed by atoms with Gasteiger partial charge in [-0.05, 0) is 49.2 Å². The molecule has 6 heteroatoms. The van der Waals surface area contributed by atoms with Crippen molar-refractivity contribution in [1.82, 2.24) is 14.5 Å². The molecule has 0 saturated carbocycles. The lowest BCUT2D eigenvalue weighted by Gasteiger charge is -2.14. The molecule has 3 aromatic rings. The number of aliphatic hydroxyl groups excluding tert-OH is 1. The van der Waals surface area contributed by atoms with Crippen LogP contribution in [0, 0.1) is 13.8 Å². The topological polar surface area (TPSA) is 77.2 Å². The Balaban J connectivity index is 1.70. The first-order chi connectivity index (χ1) is 11.5. The van der Waals surface area contributed by atoms with E-state index in [1.54, 1.807) is 18.3 Å². The van der Waals surface area contributed by atoms with Gasteiger partial charge in [-0.3, -0.25) is 9.36 Å². The summed E-state index contributed by atoms with van der Waals surface area (Å²) in [5.41, 5.74) is 2.38. The van der Waals surface area contributed by atoms with Gasteiger partial charge in [0.1, 0.15) is 24.8 Å². The third kappa shape index (κ3) is 3.60. The molecular weight excluding hydrogens is 306 g/mol. The zero-order valence-corrected chi connectivity index (χ0v) is 13.6. The molecule has 0 aliphatic heterocycles. The van der Waals surface area contributed by atoms with Gasteiger partial charge in [-0.25, -0.2) is 9.97 Å². The first-order valence-corrected chi connectivity index (χ1v) is 7.72. The fourth-order valence-corrected chi connectivity index (χ4v) is 2.62. The van der Waals surface area contributed by atoms with Gasteiger partial charge in [0, 0.05) is 6.20 Å². The van der Waals surface area contributed by atoms with Crippen LogP contribution in [0.1, 0.15) is 11.1 Å². The highest BCUT2D eigenvalue weighted by Gasteiger charge is 2.10. The molecule has 0 spiro atoms. The Kier molecular flexibility index (Phi) is 4.57. The molecule has 0 aliphatic carbocycles. The summed E-state index contributed by atoms with van der Waals surface area (Å²) in [6, 6.07) is 9.24. The summed E-state index contributed by atoms with van der Waals surface area (Å²) in [5, 5.41) is 10.6. The number of aryl methyl sites for hydroxylation is 2. The minimum Gasteiger partial charge on any atom is -0.491 e. The molecule has 2 heterocycles. The van der Waals surface area contributed by atoms with Gasteiger partial charge >= 0.3 is 0 Å². The van der Waals surface area contributed by atoms with Gasteiger partial charge in [0.25, 0.3) is 5.56 Å². The third-order valence-electron chi connectivity index (χ3n) is 3.64. The molecule has 0 bridgehead atoms. The van der Waals surface area contributed by atoms with E-state index in [-0.39, 0.29) is 18.7 Å². The second-order valence-electron chi connectivity index (χ2n) is 5.86. The fourth-order valence-electron chi connectivity index (χ4n) is 2.62. The summed E-state index contributed by atoms with van der Waals surface area (Å²) in [4.78, 5) is 20.5. The Morgan fingerprint density at radius 3 is 2.71 bits per heavy atom. The van der Waals surface area contributed by atoms with Crippen LogP contribution in [0.3, 0.4) is 0 Å². The van der Waals surface area contributed by atoms with Crippen molar-refractivity contribution < 1.29 is 9.84 Å². The van der Waals surface area contributed by atoms with E-state index in [1.165, 1.54) is 10.9 Å². The second-order valence-corrected chi connectivity index (χ2v) is 5.86. The maximum Gasteiger partial charge on any atom is 0.262 e. The maximum absolute atomic E-state index is 12.4. The maximum atomic E-state index is 12.4. The minimum absolute atomic E-state index is 0.0976. The van der Waals surface area contributed by atoms with E-state index in [0.29, 0.717) is 16.8 Å². The van der Waals surface area contributed by atoms with Gasteiger partial charge in [0.05, 0.1) is 11.9 Å². The molecule has 0 fully saturated rings. The number of aromatic nitrogens is 3. The molecule has 1 aromatic carbocycles. The second kappa shape index (κ2) is 6.80. The normalized spacial score (nSPS) is 12.3. The van der Waals surface area contributed by atoms with Crippen molar-refractivity contribution in [3.63, 3.8) is 0 Å². The summed E-state index contributed by atoms with van der Waals surface area (Å²) < 4.78 is 7.01. The van der Waals surface area contributed by atoms with Crippen LogP contribution >= 0.6 is 0 Å². The van der Waals surface area contributed by atoms with Crippen LogP contribution in [0.4, 0.5) is 0 Å². The van der Waals surface area contributed by atoms with E-state index in [0.717, 1.165) is 11.1 Å². The Morgan fingerprint density at radius 2 is 1.96 bits per heavy atom. The summed E-state index contributed by atoms with van der Waals surface area (Å²) >= 11 is 0. The highest BCUT2D eigenvalue weighted by Crippen LogP contribution is 2.16. The average molecular weight is 325 g/mol. The molecule has 3 rings (SSSR count). The van der Waals surface area contributed by atoms with Gasteiger partial charge < -0.3 is 9.84 Å². The van der Waals surface area contributed by atoms with Gasteiger partial charge in [-0.15, -0.1) is 0 Å². The predicted octanol–water partition coefficient (Wildman–Crippen LogP) is 1.85. The predicted molar refractivity (Wildman–Crippen MR) is 91.2 cm³/mol. The minimum atomic E-state index is -0.820. The van der Waals surface area contributed by atoms with Gasteiger partial charge in [0.2, 0.25) is 0 Å². The van der Waals surface area contributed by atoms with Crippen LogP contribution in [0.5, 0.6) is 5.75 Å². The van der Waals surface area contributed by atoms with Crippen LogP contribution in [0.15, 0.2) is 47.7 Å².